The van der Waals surface area contributed by atoms with E-state index in [4.69, 9.17) is 15.1 Å². The lowest BCUT2D eigenvalue weighted by atomic mass is 10.2. The highest BCUT2D eigenvalue weighted by Crippen LogP contribution is 2.12. The highest BCUT2D eigenvalue weighted by molar-refractivity contribution is 7.07. The van der Waals surface area contributed by atoms with Crippen LogP contribution in [0.25, 0.3) is 0 Å². The van der Waals surface area contributed by atoms with Crippen LogP contribution in [0.3, 0.4) is 0 Å². The lowest BCUT2D eigenvalue weighted by Crippen LogP contribution is -2.14. The maximum atomic E-state index is 9.11. The molecule has 19 heavy (non-hydrogen) atoms. The van der Waals surface area contributed by atoms with Crippen LogP contribution in [0, 0.1) is 11.3 Å². The number of ether oxygens (including phenoxy) is 1. The Morgan fingerprint density at radius 2 is 2.42 bits per heavy atom. The fourth-order valence-corrected chi connectivity index (χ4v) is 2.22. The number of aromatic nitrogens is 2. The van der Waals surface area contributed by atoms with Gasteiger partial charge < -0.3 is 9.84 Å². The zero-order valence-corrected chi connectivity index (χ0v) is 11.1. The summed E-state index contributed by atoms with van der Waals surface area (Å²) in [5.74, 6) is 0.399. The van der Waals surface area contributed by atoms with Gasteiger partial charge in [0.25, 0.3) is 0 Å². The molecule has 7 heteroatoms. The molecule has 0 aliphatic heterocycles. The van der Waals surface area contributed by atoms with Crippen LogP contribution in [0.2, 0.25) is 0 Å². The van der Waals surface area contributed by atoms with Crippen molar-refractivity contribution >= 4 is 17.2 Å². The molecule has 2 heterocycles. The van der Waals surface area contributed by atoms with E-state index in [1.54, 1.807) is 13.2 Å². The standard InChI is InChI=1S/C12H12N4O2S/c1-18-8-16-2-3-19-12(16)15-11-5-9(6-13)4-10(7-17)14-11/h2-5,17H,7-8H2,1H3/b15-12-. The topological polar surface area (TPSA) is 83.4 Å². The second kappa shape index (κ2) is 6.24. The number of hydrogen-bond acceptors (Lipinski definition) is 6. The van der Waals surface area contributed by atoms with Crippen LogP contribution in [0.1, 0.15) is 11.3 Å². The van der Waals surface area contributed by atoms with Crippen LogP contribution in [0.4, 0.5) is 5.82 Å². The number of aliphatic hydroxyl groups excluding tert-OH is 1. The molecule has 0 spiro atoms. The number of aliphatic hydroxyl groups is 1. The van der Waals surface area contributed by atoms with E-state index in [0.717, 1.165) is 0 Å². The van der Waals surface area contributed by atoms with Gasteiger partial charge in [0.05, 0.1) is 23.9 Å². The Morgan fingerprint density at radius 3 is 3.11 bits per heavy atom. The lowest BCUT2D eigenvalue weighted by Gasteiger charge is -2.01. The van der Waals surface area contributed by atoms with E-state index >= 15 is 0 Å². The van der Waals surface area contributed by atoms with Gasteiger partial charge in [0, 0.05) is 24.8 Å². The zero-order chi connectivity index (χ0) is 13.7. The van der Waals surface area contributed by atoms with E-state index in [-0.39, 0.29) is 6.61 Å². The molecule has 2 aromatic rings. The molecule has 2 rings (SSSR count). The van der Waals surface area contributed by atoms with Crippen molar-refractivity contribution < 1.29 is 9.84 Å². The molecule has 0 aromatic carbocycles. The number of pyridine rings is 1. The average molecular weight is 276 g/mol. The first kappa shape index (κ1) is 13.4. The van der Waals surface area contributed by atoms with E-state index in [0.29, 0.717) is 28.6 Å². The Kier molecular flexibility index (Phi) is 4.41. The minimum atomic E-state index is -0.222. The monoisotopic (exact) mass is 276 g/mol. The van der Waals surface area contributed by atoms with E-state index in [1.807, 2.05) is 22.2 Å². The van der Waals surface area contributed by atoms with Gasteiger partial charge in [-0.2, -0.15) is 5.26 Å². The second-order valence-electron chi connectivity index (χ2n) is 3.66. The van der Waals surface area contributed by atoms with Gasteiger partial charge >= 0.3 is 0 Å². The van der Waals surface area contributed by atoms with E-state index in [2.05, 4.69) is 9.98 Å². The molecule has 0 saturated carbocycles. The highest BCUT2D eigenvalue weighted by Gasteiger charge is 2.02. The second-order valence-corrected chi connectivity index (χ2v) is 4.53. The predicted octanol–water partition coefficient (Wildman–Crippen LogP) is 1.14. The first-order valence-electron chi connectivity index (χ1n) is 5.46. The predicted molar refractivity (Wildman–Crippen MR) is 69.4 cm³/mol. The quantitative estimate of drug-likeness (QED) is 0.907. The summed E-state index contributed by atoms with van der Waals surface area (Å²) in [5.41, 5.74) is 0.847. The number of methoxy groups -OCH3 is 1. The van der Waals surface area contributed by atoms with E-state index in [9.17, 15) is 0 Å². The normalized spacial score (nSPS) is 11.5. The first-order chi connectivity index (χ1) is 9.26. The van der Waals surface area contributed by atoms with Crippen molar-refractivity contribution in [3.05, 3.63) is 39.8 Å². The van der Waals surface area contributed by atoms with Gasteiger partial charge in [-0.25, -0.2) is 9.98 Å². The first-order valence-corrected chi connectivity index (χ1v) is 6.34. The number of hydrogen-bond donors (Lipinski definition) is 1. The Bertz CT molecular complexity index is 669. The third-order valence-corrected chi connectivity index (χ3v) is 3.09. The van der Waals surface area contributed by atoms with Crippen LogP contribution in [-0.2, 0) is 18.1 Å². The van der Waals surface area contributed by atoms with Crippen molar-refractivity contribution in [2.24, 2.45) is 4.99 Å². The molecule has 0 aliphatic carbocycles. The SMILES string of the molecule is COCn1ccs/c1=N\c1cc(C#N)cc(CO)n1. The summed E-state index contributed by atoms with van der Waals surface area (Å²) in [7, 11) is 1.60. The lowest BCUT2D eigenvalue weighted by molar-refractivity contribution is 0.129. The Morgan fingerprint density at radius 1 is 1.58 bits per heavy atom. The molecule has 1 N–H and O–H groups in total. The van der Waals surface area contributed by atoms with E-state index in [1.165, 1.54) is 17.4 Å². The molecule has 0 fully saturated rings. The van der Waals surface area contributed by atoms with Gasteiger partial charge in [0.15, 0.2) is 10.6 Å². The summed E-state index contributed by atoms with van der Waals surface area (Å²) in [6.45, 7) is 0.174. The van der Waals surface area contributed by atoms with Gasteiger partial charge in [0.1, 0.15) is 6.73 Å². The third-order valence-electron chi connectivity index (χ3n) is 2.29. The number of rotatable bonds is 4. The molecule has 0 unspecified atom stereocenters. The fourth-order valence-electron chi connectivity index (χ4n) is 1.50. The molecule has 0 amide bonds. The smallest absolute Gasteiger partial charge is 0.193 e. The summed E-state index contributed by atoms with van der Waals surface area (Å²) >= 11 is 1.44. The minimum Gasteiger partial charge on any atom is -0.390 e. The Hall–Kier alpha value is -2.01. The maximum absolute atomic E-state index is 9.11. The molecule has 6 nitrogen and oxygen atoms in total. The minimum absolute atomic E-state index is 0.222. The Balaban J connectivity index is 2.47. The van der Waals surface area contributed by atoms with Gasteiger partial charge in [-0.05, 0) is 6.07 Å². The van der Waals surface area contributed by atoms with Crippen molar-refractivity contribution in [2.45, 2.75) is 13.3 Å². The van der Waals surface area contributed by atoms with Crippen molar-refractivity contribution in [3.8, 4) is 6.07 Å². The molecule has 0 saturated heterocycles. The molecule has 98 valence electrons. The van der Waals surface area contributed by atoms with E-state index < -0.39 is 0 Å². The van der Waals surface area contributed by atoms with Crippen molar-refractivity contribution in [2.75, 3.05) is 7.11 Å². The van der Waals surface area contributed by atoms with Crippen LogP contribution < -0.4 is 4.80 Å². The fraction of sp³-hybridized carbons (Fsp3) is 0.250. The average Bonchev–Trinajstić information content (AvgIpc) is 2.86. The van der Waals surface area contributed by atoms with Crippen LogP contribution in [-0.4, -0.2) is 21.8 Å². The van der Waals surface area contributed by atoms with Crippen molar-refractivity contribution in [3.63, 3.8) is 0 Å². The molecule has 0 radical (unpaired) electrons. The largest absolute Gasteiger partial charge is 0.390 e. The molecule has 0 atom stereocenters. The van der Waals surface area contributed by atoms with Gasteiger partial charge in [-0.15, -0.1) is 11.3 Å². The van der Waals surface area contributed by atoms with Crippen LogP contribution in [0.15, 0.2) is 28.7 Å². The summed E-state index contributed by atoms with van der Waals surface area (Å²) in [6.07, 6.45) is 1.86. The van der Waals surface area contributed by atoms with Gasteiger partial charge in [-0.1, -0.05) is 0 Å². The third kappa shape index (κ3) is 3.26. The van der Waals surface area contributed by atoms with Crippen molar-refractivity contribution in [1.82, 2.24) is 9.55 Å². The number of nitrogens with zero attached hydrogens (tertiary/aromatic N) is 4. The van der Waals surface area contributed by atoms with Gasteiger partial charge in [-0.3, -0.25) is 4.57 Å². The number of nitriles is 1. The van der Waals surface area contributed by atoms with Crippen LogP contribution in [0.5, 0.6) is 0 Å². The Labute approximate surface area is 113 Å². The molecule has 2 aromatic heterocycles. The maximum Gasteiger partial charge on any atom is 0.193 e. The summed E-state index contributed by atoms with van der Waals surface area (Å²) in [5, 5.41) is 19.9. The van der Waals surface area contributed by atoms with Crippen molar-refractivity contribution in [1.29, 1.82) is 5.26 Å². The molecule has 0 aliphatic rings. The summed E-state index contributed by atoms with van der Waals surface area (Å²) in [4.78, 5) is 9.24. The highest BCUT2D eigenvalue weighted by atomic mass is 32.1. The molecular weight excluding hydrogens is 264 g/mol. The summed E-state index contributed by atoms with van der Waals surface area (Å²) < 4.78 is 6.87. The summed E-state index contributed by atoms with van der Waals surface area (Å²) in [6, 6.07) is 5.14. The van der Waals surface area contributed by atoms with Crippen LogP contribution >= 0.6 is 11.3 Å². The zero-order valence-electron chi connectivity index (χ0n) is 10.3. The van der Waals surface area contributed by atoms with Gasteiger partial charge in [0.2, 0.25) is 0 Å². The molecule has 0 bridgehead atoms. The molecular formula is C12H12N4O2S. The number of thiazole rings is 1.